The Labute approximate surface area is 186 Å². The van der Waals surface area contributed by atoms with Gasteiger partial charge in [-0.15, -0.1) is 0 Å². The van der Waals surface area contributed by atoms with Gasteiger partial charge in [0.05, 0.1) is 0 Å². The lowest BCUT2D eigenvalue weighted by atomic mass is 10.0. The van der Waals surface area contributed by atoms with E-state index in [0.29, 0.717) is 44.6 Å². The number of carbonyl (C=O) groups excluding carboxylic acids is 2. The van der Waals surface area contributed by atoms with Crippen molar-refractivity contribution in [2.24, 2.45) is 5.73 Å². The van der Waals surface area contributed by atoms with Gasteiger partial charge in [0.2, 0.25) is 0 Å². The summed E-state index contributed by atoms with van der Waals surface area (Å²) in [4.78, 5) is 28.7. The van der Waals surface area contributed by atoms with E-state index in [1.54, 1.807) is 9.80 Å². The Morgan fingerprint density at radius 3 is 2.25 bits per heavy atom. The van der Waals surface area contributed by atoms with Crippen LogP contribution in [-0.2, 0) is 4.79 Å². The van der Waals surface area contributed by atoms with Crippen LogP contribution >= 0.6 is 0 Å². The highest BCUT2D eigenvalue weighted by Crippen LogP contribution is 2.37. The SMILES string of the molecule is NC1=c2ccc(-c3ccc(C(=O)N4CCN(C(=O)C5(O)CC5)CC4)cc3)cc2=CC=CC1. The Hall–Kier alpha value is -3.38. The lowest BCUT2D eigenvalue weighted by molar-refractivity contribution is -0.143. The first kappa shape index (κ1) is 20.5. The molecule has 0 bridgehead atoms. The molecule has 5 rings (SSSR count). The quantitative estimate of drug-likeness (QED) is 0.761. The van der Waals surface area contributed by atoms with Crippen LogP contribution < -0.4 is 16.2 Å². The third-order valence-corrected chi connectivity index (χ3v) is 6.59. The van der Waals surface area contributed by atoms with Crippen LogP contribution in [0.25, 0.3) is 22.9 Å². The molecule has 1 saturated carbocycles. The maximum absolute atomic E-state index is 12.9. The van der Waals surface area contributed by atoms with E-state index in [2.05, 4.69) is 30.4 Å². The van der Waals surface area contributed by atoms with Gasteiger partial charge in [0.25, 0.3) is 11.8 Å². The van der Waals surface area contributed by atoms with E-state index in [-0.39, 0.29) is 11.8 Å². The first-order chi connectivity index (χ1) is 15.4. The number of aliphatic hydroxyl groups is 1. The van der Waals surface area contributed by atoms with Crippen molar-refractivity contribution in [3.63, 3.8) is 0 Å². The van der Waals surface area contributed by atoms with E-state index in [4.69, 9.17) is 5.73 Å². The van der Waals surface area contributed by atoms with E-state index in [9.17, 15) is 14.7 Å². The Morgan fingerprint density at radius 2 is 1.56 bits per heavy atom. The molecule has 1 aliphatic heterocycles. The van der Waals surface area contributed by atoms with Gasteiger partial charge in [0, 0.05) is 49.1 Å². The van der Waals surface area contributed by atoms with Crippen molar-refractivity contribution in [1.29, 1.82) is 0 Å². The number of fused-ring (bicyclic) bond motifs is 1. The molecule has 2 fully saturated rings. The highest BCUT2D eigenvalue weighted by molar-refractivity contribution is 5.95. The summed E-state index contributed by atoms with van der Waals surface area (Å²) < 4.78 is 0. The fourth-order valence-electron chi connectivity index (χ4n) is 4.38. The summed E-state index contributed by atoms with van der Waals surface area (Å²) in [7, 11) is 0. The molecule has 3 N–H and O–H groups in total. The number of allylic oxidation sites excluding steroid dienone is 1. The minimum atomic E-state index is -1.14. The molecule has 6 heteroatoms. The monoisotopic (exact) mass is 429 g/mol. The zero-order valence-electron chi connectivity index (χ0n) is 18.0. The van der Waals surface area contributed by atoms with Crippen LogP contribution in [0.4, 0.5) is 0 Å². The molecule has 2 aliphatic carbocycles. The van der Waals surface area contributed by atoms with Crippen LogP contribution in [0.1, 0.15) is 29.6 Å². The van der Waals surface area contributed by atoms with Crippen molar-refractivity contribution in [2.45, 2.75) is 24.9 Å². The first-order valence-corrected chi connectivity index (χ1v) is 11.1. The lowest BCUT2D eigenvalue weighted by Crippen LogP contribution is -2.53. The third kappa shape index (κ3) is 3.82. The van der Waals surface area contributed by atoms with E-state index >= 15 is 0 Å². The maximum atomic E-state index is 12.9. The van der Waals surface area contributed by atoms with Crippen molar-refractivity contribution in [3.8, 4) is 11.1 Å². The number of piperazine rings is 1. The van der Waals surface area contributed by atoms with Crippen molar-refractivity contribution >= 4 is 23.6 Å². The molecule has 0 radical (unpaired) electrons. The Kier molecular flexibility index (Phi) is 5.10. The Bertz CT molecular complexity index is 1220. The molecule has 0 atom stereocenters. The van der Waals surface area contributed by atoms with Gasteiger partial charge in [0.1, 0.15) is 5.60 Å². The van der Waals surface area contributed by atoms with Gasteiger partial charge in [-0.3, -0.25) is 9.59 Å². The summed E-state index contributed by atoms with van der Waals surface area (Å²) in [5.74, 6) is -0.224. The molecule has 1 heterocycles. The van der Waals surface area contributed by atoms with Gasteiger partial charge in [0.15, 0.2) is 0 Å². The summed E-state index contributed by atoms with van der Waals surface area (Å²) in [6, 6.07) is 13.9. The fourth-order valence-corrected chi connectivity index (χ4v) is 4.38. The average molecular weight is 430 g/mol. The van der Waals surface area contributed by atoms with Crippen LogP contribution in [0.3, 0.4) is 0 Å². The second kappa shape index (κ2) is 7.95. The van der Waals surface area contributed by atoms with Gasteiger partial charge in [-0.25, -0.2) is 0 Å². The Morgan fingerprint density at radius 1 is 0.906 bits per heavy atom. The molecule has 2 amide bonds. The molecule has 2 aromatic rings. The molecular weight excluding hydrogens is 402 g/mol. The standard InChI is InChI=1S/C26H27N3O3/c27-23-4-2-1-3-21-17-20(9-10-22(21)23)18-5-7-19(8-6-18)24(30)28-13-15-29(16-14-28)25(31)26(32)11-12-26/h1-3,5-10,17,32H,4,11-16,27H2. The summed E-state index contributed by atoms with van der Waals surface area (Å²) in [5.41, 5.74) is 8.65. The largest absolute Gasteiger partial charge is 0.401 e. The topological polar surface area (TPSA) is 86.9 Å². The van der Waals surface area contributed by atoms with Gasteiger partial charge in [-0.2, -0.15) is 0 Å². The normalized spacial score (nSPS) is 19.1. The maximum Gasteiger partial charge on any atom is 0.254 e. The van der Waals surface area contributed by atoms with E-state index in [1.165, 1.54) is 0 Å². The van der Waals surface area contributed by atoms with Crippen molar-refractivity contribution in [2.75, 3.05) is 26.2 Å². The molecule has 0 spiro atoms. The second-order valence-corrected chi connectivity index (χ2v) is 8.82. The van der Waals surface area contributed by atoms with Crippen molar-refractivity contribution < 1.29 is 14.7 Å². The lowest BCUT2D eigenvalue weighted by Gasteiger charge is -2.35. The summed E-state index contributed by atoms with van der Waals surface area (Å²) in [6.45, 7) is 1.89. The Balaban J connectivity index is 1.28. The summed E-state index contributed by atoms with van der Waals surface area (Å²) >= 11 is 0. The van der Waals surface area contributed by atoms with Crippen molar-refractivity contribution in [1.82, 2.24) is 9.80 Å². The zero-order valence-corrected chi connectivity index (χ0v) is 18.0. The molecule has 0 aromatic heterocycles. The summed E-state index contributed by atoms with van der Waals surface area (Å²) in [6.07, 6.45) is 8.00. The molecule has 164 valence electrons. The van der Waals surface area contributed by atoms with Crippen LogP contribution in [0.5, 0.6) is 0 Å². The highest BCUT2D eigenvalue weighted by atomic mass is 16.3. The van der Waals surface area contributed by atoms with Crippen molar-refractivity contribution in [3.05, 3.63) is 70.6 Å². The number of amides is 2. The minimum Gasteiger partial charge on any atom is -0.401 e. The number of hydrogen-bond acceptors (Lipinski definition) is 4. The van der Waals surface area contributed by atoms with E-state index in [1.807, 2.05) is 30.3 Å². The molecule has 32 heavy (non-hydrogen) atoms. The fraction of sp³-hybridized carbons (Fsp3) is 0.308. The summed E-state index contributed by atoms with van der Waals surface area (Å²) in [5, 5.41) is 12.2. The second-order valence-electron chi connectivity index (χ2n) is 8.82. The number of hydrogen-bond donors (Lipinski definition) is 2. The van der Waals surface area contributed by atoms with Gasteiger partial charge in [-0.1, -0.05) is 42.5 Å². The number of nitrogens with zero attached hydrogens (tertiary/aromatic N) is 2. The number of benzene rings is 2. The zero-order chi connectivity index (χ0) is 22.3. The van der Waals surface area contributed by atoms with Crippen LogP contribution in [0.2, 0.25) is 0 Å². The average Bonchev–Trinajstić information content (AvgIpc) is 3.61. The van der Waals surface area contributed by atoms with Crippen LogP contribution in [0, 0.1) is 0 Å². The molecule has 0 unspecified atom stereocenters. The van der Waals surface area contributed by atoms with Gasteiger partial charge < -0.3 is 20.6 Å². The molecule has 2 aromatic carbocycles. The highest BCUT2D eigenvalue weighted by Gasteiger charge is 2.50. The van der Waals surface area contributed by atoms with Crippen LogP contribution in [0.15, 0.2) is 54.6 Å². The molecule has 3 aliphatic rings. The number of nitrogens with two attached hydrogens (primary N) is 1. The number of rotatable bonds is 3. The van der Waals surface area contributed by atoms with Gasteiger partial charge in [-0.05, 0) is 47.4 Å². The minimum absolute atomic E-state index is 0.0310. The number of carbonyl (C=O) groups is 2. The third-order valence-electron chi connectivity index (χ3n) is 6.59. The van der Waals surface area contributed by atoms with E-state index in [0.717, 1.165) is 33.7 Å². The first-order valence-electron chi connectivity index (χ1n) is 11.1. The van der Waals surface area contributed by atoms with Crippen LogP contribution in [-0.4, -0.2) is 58.5 Å². The smallest absolute Gasteiger partial charge is 0.254 e. The molecule has 6 nitrogen and oxygen atoms in total. The predicted molar refractivity (Wildman–Crippen MR) is 124 cm³/mol. The van der Waals surface area contributed by atoms with E-state index < -0.39 is 5.60 Å². The molecular formula is C26H27N3O3. The predicted octanol–water partition coefficient (Wildman–Crippen LogP) is 0.970. The molecule has 1 saturated heterocycles. The van der Waals surface area contributed by atoms with Gasteiger partial charge >= 0.3 is 0 Å².